The summed E-state index contributed by atoms with van der Waals surface area (Å²) in [5.74, 6) is 2.93. The molecule has 0 unspecified atom stereocenters. The fraction of sp³-hybridized carbons (Fsp3) is 0.520. The molecule has 0 spiro atoms. The van der Waals surface area contributed by atoms with Crippen LogP contribution in [0.2, 0.25) is 0 Å². The van der Waals surface area contributed by atoms with Crippen LogP contribution >= 0.6 is 0 Å². The number of methoxy groups -OCH3 is 1. The quantitative estimate of drug-likeness (QED) is 0.589. The molecule has 0 bridgehead atoms. The van der Waals surface area contributed by atoms with Crippen LogP contribution < -0.4 is 14.5 Å². The molecule has 1 N–H and O–H groups in total. The van der Waals surface area contributed by atoms with E-state index in [1.54, 1.807) is 19.5 Å². The van der Waals surface area contributed by atoms with Crippen molar-refractivity contribution < 1.29 is 9.84 Å². The fourth-order valence-corrected chi connectivity index (χ4v) is 4.68. The number of likely N-dealkylation sites (N-methyl/N-ethyl adjacent to an activating group) is 1. The van der Waals surface area contributed by atoms with E-state index in [1.807, 2.05) is 7.05 Å². The predicted octanol–water partition coefficient (Wildman–Crippen LogP) is 3.29. The number of benzene rings is 1. The third-order valence-electron chi connectivity index (χ3n) is 7.14. The summed E-state index contributed by atoms with van der Waals surface area (Å²) in [6.45, 7) is 4.75. The standard InChI is InChI=1S/C25H32N6O2/c1-25(8-9-25)24-28-20-5-4-18(30(2)14-15-32)16-19(20)22(29-24)31-12-6-17(7-13-31)21-23(33-3)27-11-10-26-21/h4-5,10-11,16-17,32H,6-9,12-15H2,1-3H3. The van der Waals surface area contributed by atoms with E-state index in [-0.39, 0.29) is 12.0 Å². The van der Waals surface area contributed by atoms with Crippen molar-refractivity contribution in [1.29, 1.82) is 0 Å². The Labute approximate surface area is 194 Å². The Hall–Kier alpha value is -3.00. The Morgan fingerprint density at radius 3 is 2.61 bits per heavy atom. The van der Waals surface area contributed by atoms with E-state index in [2.05, 4.69) is 44.9 Å². The fourth-order valence-electron chi connectivity index (χ4n) is 4.68. The lowest BCUT2D eigenvalue weighted by Crippen LogP contribution is -2.34. The topological polar surface area (TPSA) is 87.5 Å². The molecule has 3 aromatic rings. The van der Waals surface area contributed by atoms with Gasteiger partial charge in [0.2, 0.25) is 5.88 Å². The number of ether oxygens (including phenoxy) is 1. The lowest BCUT2D eigenvalue weighted by atomic mass is 9.93. The van der Waals surface area contributed by atoms with Gasteiger partial charge in [-0.25, -0.2) is 15.0 Å². The van der Waals surface area contributed by atoms with Gasteiger partial charge in [0.05, 0.1) is 19.2 Å². The van der Waals surface area contributed by atoms with Gasteiger partial charge in [-0.2, -0.15) is 0 Å². The summed E-state index contributed by atoms with van der Waals surface area (Å²) in [6, 6.07) is 6.34. The van der Waals surface area contributed by atoms with Crippen LogP contribution in [0.4, 0.5) is 11.5 Å². The maximum absolute atomic E-state index is 9.37. The van der Waals surface area contributed by atoms with Gasteiger partial charge < -0.3 is 19.6 Å². The van der Waals surface area contributed by atoms with Gasteiger partial charge in [-0.3, -0.25) is 4.98 Å². The first-order valence-electron chi connectivity index (χ1n) is 11.8. The molecule has 8 heteroatoms. The second-order valence-electron chi connectivity index (χ2n) is 9.49. The average molecular weight is 449 g/mol. The van der Waals surface area contributed by atoms with E-state index in [9.17, 15) is 5.11 Å². The van der Waals surface area contributed by atoms with Crippen LogP contribution in [-0.2, 0) is 5.41 Å². The van der Waals surface area contributed by atoms with E-state index < -0.39 is 0 Å². The molecule has 1 saturated heterocycles. The minimum atomic E-state index is 0.0978. The van der Waals surface area contributed by atoms with Crippen LogP contribution in [0.1, 0.15) is 50.0 Å². The number of anilines is 2. The zero-order valence-electron chi connectivity index (χ0n) is 19.7. The first-order valence-corrected chi connectivity index (χ1v) is 11.8. The van der Waals surface area contributed by atoms with E-state index >= 15 is 0 Å². The molecule has 2 aliphatic rings. The van der Waals surface area contributed by atoms with E-state index in [4.69, 9.17) is 14.7 Å². The van der Waals surface area contributed by atoms with Gasteiger partial charge >= 0.3 is 0 Å². The number of fused-ring (bicyclic) bond motifs is 1. The molecule has 2 fully saturated rings. The first kappa shape index (κ1) is 21.8. The van der Waals surface area contributed by atoms with Gasteiger partial charge in [0.1, 0.15) is 17.3 Å². The van der Waals surface area contributed by atoms with Crippen molar-refractivity contribution in [3.05, 3.63) is 42.1 Å². The molecule has 2 aromatic heterocycles. The summed E-state index contributed by atoms with van der Waals surface area (Å²) in [7, 11) is 3.65. The number of rotatable bonds is 7. The summed E-state index contributed by atoms with van der Waals surface area (Å²) in [6.07, 6.45) is 7.65. The predicted molar refractivity (Wildman–Crippen MR) is 129 cm³/mol. The Bertz CT molecular complexity index is 1140. The number of aliphatic hydroxyl groups excluding tert-OH is 1. The largest absolute Gasteiger partial charge is 0.480 e. The van der Waals surface area contributed by atoms with Gasteiger partial charge in [0, 0.05) is 61.5 Å². The minimum absolute atomic E-state index is 0.0978. The SMILES string of the molecule is COc1nccnc1C1CCN(c2nc(C3(C)CC3)nc3ccc(N(C)CCO)cc23)CC1. The molecule has 0 radical (unpaired) electrons. The molecule has 1 aliphatic heterocycles. The Balaban J connectivity index is 1.48. The number of hydrogen-bond acceptors (Lipinski definition) is 8. The molecule has 174 valence electrons. The summed E-state index contributed by atoms with van der Waals surface area (Å²) >= 11 is 0. The summed E-state index contributed by atoms with van der Waals surface area (Å²) < 4.78 is 5.45. The molecule has 33 heavy (non-hydrogen) atoms. The van der Waals surface area contributed by atoms with Crippen molar-refractivity contribution in [3.63, 3.8) is 0 Å². The Morgan fingerprint density at radius 1 is 1.15 bits per heavy atom. The highest BCUT2D eigenvalue weighted by Crippen LogP contribution is 2.47. The van der Waals surface area contributed by atoms with Crippen LogP contribution in [0.5, 0.6) is 5.88 Å². The molecule has 0 amide bonds. The summed E-state index contributed by atoms with van der Waals surface area (Å²) in [5.41, 5.74) is 3.10. The first-order chi connectivity index (χ1) is 16.0. The molecule has 1 aromatic carbocycles. The molecule has 0 atom stereocenters. The van der Waals surface area contributed by atoms with Gasteiger partial charge in [-0.05, 0) is 43.9 Å². The van der Waals surface area contributed by atoms with Gasteiger partial charge in [0.25, 0.3) is 0 Å². The highest BCUT2D eigenvalue weighted by atomic mass is 16.5. The van der Waals surface area contributed by atoms with Gasteiger partial charge in [0.15, 0.2) is 0 Å². The molecular formula is C25H32N6O2. The number of aliphatic hydroxyl groups is 1. The third-order valence-corrected chi connectivity index (χ3v) is 7.14. The number of hydrogen-bond donors (Lipinski definition) is 1. The Morgan fingerprint density at radius 2 is 1.91 bits per heavy atom. The second kappa shape index (κ2) is 8.74. The van der Waals surface area contributed by atoms with E-state index in [1.165, 1.54) is 0 Å². The van der Waals surface area contributed by atoms with Gasteiger partial charge in [-0.1, -0.05) is 6.92 Å². The van der Waals surface area contributed by atoms with Crippen molar-refractivity contribution in [2.75, 3.05) is 50.2 Å². The average Bonchev–Trinajstić information content (AvgIpc) is 3.61. The molecule has 8 nitrogen and oxygen atoms in total. The number of nitrogens with zero attached hydrogens (tertiary/aromatic N) is 6. The normalized spacial score (nSPS) is 17.9. The van der Waals surface area contributed by atoms with Crippen molar-refractivity contribution in [3.8, 4) is 5.88 Å². The monoisotopic (exact) mass is 448 g/mol. The molecule has 5 rings (SSSR count). The van der Waals surface area contributed by atoms with Crippen molar-refractivity contribution in [1.82, 2.24) is 19.9 Å². The number of aromatic nitrogens is 4. The van der Waals surface area contributed by atoms with Gasteiger partial charge in [-0.15, -0.1) is 0 Å². The third kappa shape index (κ3) is 4.19. The highest BCUT2D eigenvalue weighted by Gasteiger charge is 2.42. The summed E-state index contributed by atoms with van der Waals surface area (Å²) in [4.78, 5) is 23.4. The van der Waals surface area contributed by atoms with E-state index in [0.29, 0.717) is 18.3 Å². The second-order valence-corrected chi connectivity index (χ2v) is 9.49. The zero-order valence-corrected chi connectivity index (χ0v) is 19.7. The van der Waals surface area contributed by atoms with Crippen LogP contribution in [0.15, 0.2) is 30.6 Å². The maximum Gasteiger partial charge on any atom is 0.235 e. The lowest BCUT2D eigenvalue weighted by Gasteiger charge is -2.34. The van der Waals surface area contributed by atoms with Crippen LogP contribution in [-0.4, -0.2) is 65.4 Å². The molecule has 3 heterocycles. The van der Waals surface area contributed by atoms with Crippen LogP contribution in [0.3, 0.4) is 0 Å². The van der Waals surface area contributed by atoms with Crippen LogP contribution in [0, 0.1) is 0 Å². The molecule has 1 saturated carbocycles. The summed E-state index contributed by atoms with van der Waals surface area (Å²) in [5, 5.41) is 10.4. The van der Waals surface area contributed by atoms with Crippen molar-refractivity contribution >= 4 is 22.4 Å². The highest BCUT2D eigenvalue weighted by molar-refractivity contribution is 5.92. The van der Waals surface area contributed by atoms with E-state index in [0.717, 1.165) is 72.7 Å². The number of piperidine rings is 1. The lowest BCUT2D eigenvalue weighted by molar-refractivity contribution is 0.304. The van der Waals surface area contributed by atoms with Crippen molar-refractivity contribution in [2.45, 2.75) is 43.9 Å². The molecule has 1 aliphatic carbocycles. The maximum atomic E-state index is 9.37. The zero-order chi connectivity index (χ0) is 23.0. The smallest absolute Gasteiger partial charge is 0.235 e. The Kier molecular flexibility index (Phi) is 5.78. The van der Waals surface area contributed by atoms with Crippen LogP contribution in [0.25, 0.3) is 10.9 Å². The van der Waals surface area contributed by atoms with Crippen molar-refractivity contribution in [2.24, 2.45) is 0 Å². The minimum Gasteiger partial charge on any atom is -0.480 e. The molecular weight excluding hydrogens is 416 g/mol.